The van der Waals surface area contributed by atoms with E-state index in [1.54, 1.807) is 6.08 Å². The lowest BCUT2D eigenvalue weighted by molar-refractivity contribution is -0.870. The van der Waals surface area contributed by atoms with Gasteiger partial charge >= 0.3 is 7.82 Å². The number of carbonyl (C=O) groups excluding carboxylic acids is 1. The van der Waals surface area contributed by atoms with Crippen LogP contribution in [0.15, 0.2) is 12.2 Å². The Morgan fingerprint density at radius 2 is 1.10 bits per heavy atom. The first-order valence-electron chi connectivity index (χ1n) is 20.1. The highest BCUT2D eigenvalue weighted by Crippen LogP contribution is 2.43. The van der Waals surface area contributed by atoms with Crippen LogP contribution in [0.2, 0.25) is 0 Å². The molecule has 0 radical (unpaired) electrons. The van der Waals surface area contributed by atoms with Crippen LogP contribution in [0.25, 0.3) is 0 Å². The quantitative estimate of drug-likeness (QED) is 0.0260. The molecule has 0 saturated carbocycles. The Morgan fingerprint density at radius 3 is 1.54 bits per heavy atom. The SMILES string of the molecule is CCCCCCCCCCCC/C=C/[C@@H](O)[C@H](COP(=O)(O)OCC[N+](C)(C)C)NC(=O)CCCCCCCCCCCCCCCC. The number of amides is 1. The van der Waals surface area contributed by atoms with E-state index in [0.29, 0.717) is 17.4 Å². The molecule has 0 bridgehead atoms. The number of quaternary nitrogens is 1. The molecule has 0 fully saturated rings. The number of unbranched alkanes of at least 4 members (excludes halogenated alkanes) is 23. The Hall–Kier alpha value is -0.760. The minimum absolute atomic E-state index is 0.0642. The highest BCUT2D eigenvalue weighted by Gasteiger charge is 2.27. The molecule has 0 aliphatic rings. The molecule has 0 aromatic rings. The van der Waals surface area contributed by atoms with Gasteiger partial charge < -0.3 is 19.8 Å². The van der Waals surface area contributed by atoms with Gasteiger partial charge in [0.25, 0.3) is 0 Å². The van der Waals surface area contributed by atoms with Gasteiger partial charge in [-0.25, -0.2) is 4.57 Å². The number of hydrogen-bond donors (Lipinski definition) is 3. The highest BCUT2D eigenvalue weighted by molar-refractivity contribution is 7.47. The van der Waals surface area contributed by atoms with Gasteiger partial charge in [0.2, 0.25) is 5.91 Å². The lowest BCUT2D eigenvalue weighted by atomic mass is 10.0. The third-order valence-corrected chi connectivity index (χ3v) is 9.99. The molecule has 0 aliphatic heterocycles. The van der Waals surface area contributed by atoms with Crippen LogP contribution in [-0.2, 0) is 18.4 Å². The van der Waals surface area contributed by atoms with Gasteiger partial charge in [0.1, 0.15) is 13.2 Å². The number of phosphoric acid groups is 1. The molecule has 48 heavy (non-hydrogen) atoms. The number of rotatable bonds is 36. The predicted molar refractivity (Wildman–Crippen MR) is 203 cm³/mol. The topological polar surface area (TPSA) is 105 Å². The van der Waals surface area contributed by atoms with E-state index in [1.165, 1.54) is 122 Å². The van der Waals surface area contributed by atoms with Crippen LogP contribution in [0.4, 0.5) is 0 Å². The third kappa shape index (κ3) is 33.7. The maximum atomic E-state index is 12.8. The number of hydrogen-bond acceptors (Lipinski definition) is 5. The fraction of sp³-hybridized carbons (Fsp3) is 0.923. The van der Waals surface area contributed by atoms with Crippen LogP contribution in [0.5, 0.6) is 0 Å². The van der Waals surface area contributed by atoms with Crippen molar-refractivity contribution >= 4 is 13.7 Å². The second-order valence-electron chi connectivity index (χ2n) is 15.0. The largest absolute Gasteiger partial charge is 0.472 e. The van der Waals surface area contributed by atoms with Crippen molar-refractivity contribution in [3.63, 3.8) is 0 Å². The van der Waals surface area contributed by atoms with Crippen LogP contribution in [0.3, 0.4) is 0 Å². The number of phosphoric ester groups is 1. The number of carbonyl (C=O) groups is 1. The average Bonchev–Trinajstić information content (AvgIpc) is 3.02. The summed E-state index contributed by atoms with van der Waals surface area (Å²) < 4.78 is 23.5. The van der Waals surface area contributed by atoms with Crippen molar-refractivity contribution in [3.05, 3.63) is 12.2 Å². The smallest absolute Gasteiger partial charge is 0.387 e. The number of aliphatic hydroxyl groups excluding tert-OH is 1. The van der Waals surface area contributed by atoms with E-state index in [1.807, 2.05) is 27.2 Å². The van der Waals surface area contributed by atoms with Gasteiger partial charge in [0, 0.05) is 6.42 Å². The lowest BCUT2D eigenvalue weighted by Crippen LogP contribution is -2.45. The molecule has 0 heterocycles. The Balaban J connectivity index is 4.48. The molecule has 9 heteroatoms. The molecule has 0 spiro atoms. The number of nitrogens with one attached hydrogen (secondary N) is 1. The molecular formula is C39H80N2O6P+. The van der Waals surface area contributed by atoms with Crippen LogP contribution in [0.1, 0.15) is 181 Å². The van der Waals surface area contributed by atoms with Crippen molar-refractivity contribution < 1.29 is 32.9 Å². The predicted octanol–water partition coefficient (Wildman–Crippen LogP) is 10.4. The van der Waals surface area contributed by atoms with Crippen molar-refractivity contribution in [2.24, 2.45) is 0 Å². The molecule has 3 N–H and O–H groups in total. The summed E-state index contributed by atoms with van der Waals surface area (Å²) in [6.07, 6.45) is 34.1. The molecule has 0 rings (SSSR count). The van der Waals surface area contributed by atoms with Gasteiger partial charge in [-0.15, -0.1) is 0 Å². The molecular weight excluding hydrogens is 623 g/mol. The van der Waals surface area contributed by atoms with Gasteiger partial charge in [-0.3, -0.25) is 13.8 Å². The molecule has 1 unspecified atom stereocenters. The van der Waals surface area contributed by atoms with Crippen molar-refractivity contribution in [1.29, 1.82) is 0 Å². The highest BCUT2D eigenvalue weighted by atomic mass is 31.2. The van der Waals surface area contributed by atoms with E-state index in [0.717, 1.165) is 38.5 Å². The Morgan fingerprint density at radius 1 is 0.688 bits per heavy atom. The van der Waals surface area contributed by atoms with Crippen LogP contribution in [0, 0.1) is 0 Å². The molecule has 0 saturated heterocycles. The molecule has 286 valence electrons. The molecule has 3 atom stereocenters. The second kappa shape index (κ2) is 32.2. The van der Waals surface area contributed by atoms with E-state index >= 15 is 0 Å². The maximum Gasteiger partial charge on any atom is 0.472 e. The van der Waals surface area contributed by atoms with Gasteiger partial charge in [-0.05, 0) is 19.3 Å². The van der Waals surface area contributed by atoms with Crippen molar-refractivity contribution in [2.75, 3.05) is 40.9 Å². The van der Waals surface area contributed by atoms with E-state index in [2.05, 4.69) is 19.2 Å². The van der Waals surface area contributed by atoms with Gasteiger partial charge in [0.15, 0.2) is 0 Å². The first-order chi connectivity index (χ1) is 23.0. The minimum atomic E-state index is -4.32. The maximum absolute atomic E-state index is 12.8. The fourth-order valence-electron chi connectivity index (χ4n) is 5.75. The molecule has 8 nitrogen and oxygen atoms in total. The number of nitrogens with zero attached hydrogens (tertiary/aromatic N) is 1. The van der Waals surface area contributed by atoms with Crippen molar-refractivity contribution in [1.82, 2.24) is 5.32 Å². The van der Waals surface area contributed by atoms with E-state index < -0.39 is 20.0 Å². The summed E-state index contributed by atoms with van der Waals surface area (Å²) in [4.78, 5) is 23.0. The van der Waals surface area contributed by atoms with E-state index in [4.69, 9.17) is 9.05 Å². The number of aliphatic hydroxyl groups is 1. The third-order valence-electron chi connectivity index (χ3n) is 9.01. The van der Waals surface area contributed by atoms with Crippen molar-refractivity contribution in [2.45, 2.75) is 193 Å². The lowest BCUT2D eigenvalue weighted by Gasteiger charge is -2.25. The summed E-state index contributed by atoms with van der Waals surface area (Å²) in [7, 11) is 1.58. The first-order valence-corrected chi connectivity index (χ1v) is 21.6. The summed E-state index contributed by atoms with van der Waals surface area (Å²) in [6.45, 7) is 4.80. The Labute approximate surface area is 297 Å². The number of likely N-dealkylation sites (N-methyl/N-ethyl adjacent to an activating group) is 1. The molecule has 0 aromatic heterocycles. The second-order valence-corrected chi connectivity index (χ2v) is 16.5. The van der Waals surface area contributed by atoms with Gasteiger partial charge in [-0.2, -0.15) is 0 Å². The molecule has 1 amide bonds. The van der Waals surface area contributed by atoms with E-state index in [9.17, 15) is 19.4 Å². The Kier molecular flexibility index (Phi) is 31.7. The summed E-state index contributed by atoms with van der Waals surface area (Å²) in [5, 5.41) is 13.8. The summed E-state index contributed by atoms with van der Waals surface area (Å²) in [5.74, 6) is -0.177. The summed E-state index contributed by atoms with van der Waals surface area (Å²) in [6, 6.07) is -0.837. The first kappa shape index (κ1) is 47.2. The summed E-state index contributed by atoms with van der Waals surface area (Å²) in [5.41, 5.74) is 0. The van der Waals surface area contributed by atoms with Gasteiger partial charge in [-0.1, -0.05) is 167 Å². The number of allylic oxidation sites excluding steroid dienone is 1. The van der Waals surface area contributed by atoms with Crippen LogP contribution >= 0.6 is 7.82 Å². The standard InChI is InChI=1S/C39H79N2O6P/c1-6-8-10-12-14-16-18-20-21-23-25-27-29-31-33-39(43)40-37(36-47-48(44,45)46-35-34-41(3,4)5)38(42)32-30-28-26-24-22-19-17-15-13-11-9-7-2/h30,32,37-38,42H,6-29,31,33-36H2,1-5H3,(H-,40,43,44,45)/p+1/b32-30+/t37-,38+/m0/s1. The van der Waals surface area contributed by atoms with Crippen molar-refractivity contribution in [3.8, 4) is 0 Å². The van der Waals surface area contributed by atoms with Crippen LogP contribution < -0.4 is 5.32 Å². The monoisotopic (exact) mass is 704 g/mol. The molecule has 0 aromatic carbocycles. The zero-order valence-electron chi connectivity index (χ0n) is 32.2. The summed E-state index contributed by atoms with van der Waals surface area (Å²) >= 11 is 0. The van der Waals surface area contributed by atoms with Gasteiger partial charge in [0.05, 0.1) is 39.9 Å². The molecule has 0 aliphatic carbocycles. The fourth-order valence-corrected chi connectivity index (χ4v) is 6.48. The van der Waals surface area contributed by atoms with Crippen LogP contribution in [-0.4, -0.2) is 73.4 Å². The Bertz CT molecular complexity index is 804. The van der Waals surface area contributed by atoms with E-state index in [-0.39, 0.29) is 19.1 Å². The minimum Gasteiger partial charge on any atom is -0.387 e. The normalized spacial score (nSPS) is 14.7. The zero-order valence-corrected chi connectivity index (χ0v) is 33.1. The zero-order chi connectivity index (χ0) is 35.8. The average molecular weight is 704 g/mol.